The minimum absolute atomic E-state index is 0.124. The van der Waals surface area contributed by atoms with Gasteiger partial charge in [-0.1, -0.05) is 6.08 Å². The second kappa shape index (κ2) is 7.49. The van der Waals surface area contributed by atoms with E-state index in [2.05, 4.69) is 6.58 Å². The molecule has 0 aliphatic heterocycles. The molecule has 0 aromatic heterocycles. The maximum atomic E-state index is 10.8. The molecule has 0 radical (unpaired) electrons. The lowest BCUT2D eigenvalue weighted by Crippen LogP contribution is -2.43. The summed E-state index contributed by atoms with van der Waals surface area (Å²) in [5, 5.41) is 26.3. The van der Waals surface area contributed by atoms with Crippen LogP contribution in [0.4, 0.5) is 0 Å². The smallest absolute Gasteiger partial charge is 0.321 e. The number of carboxylic acid groups (broad SMARTS) is 1. The summed E-state index contributed by atoms with van der Waals surface area (Å²) >= 11 is 0. The quantitative estimate of drug-likeness (QED) is 0.455. The summed E-state index contributed by atoms with van der Waals surface area (Å²) in [7, 11) is 0. The highest BCUT2D eigenvalue weighted by molar-refractivity contribution is 5.73. The van der Waals surface area contributed by atoms with Crippen LogP contribution in [0, 0.1) is 0 Å². The molecule has 0 rings (SSSR count). The highest BCUT2D eigenvalue weighted by Crippen LogP contribution is 2.04. The van der Waals surface area contributed by atoms with Crippen LogP contribution < -0.4 is 0 Å². The van der Waals surface area contributed by atoms with Crippen LogP contribution in [0.3, 0.4) is 0 Å². The Labute approximate surface area is 83.3 Å². The fourth-order valence-electron chi connectivity index (χ4n) is 1.24. The molecule has 0 aromatic carbocycles. The molecule has 0 aromatic rings. The molecule has 14 heavy (non-hydrogen) atoms. The Bertz CT molecular complexity index is 178. The van der Waals surface area contributed by atoms with Crippen molar-refractivity contribution in [3.05, 3.63) is 12.7 Å². The number of aliphatic hydroxyl groups is 2. The Morgan fingerprint density at radius 1 is 1.36 bits per heavy atom. The standard InChI is InChI=1S/C9H17NO4/c1-2-3-8(9(13)14)10(4-6-11)5-7-12/h2,8,11-12H,1,3-7H2,(H,13,14). The predicted molar refractivity (Wildman–Crippen MR) is 52.0 cm³/mol. The van der Waals surface area contributed by atoms with Crippen molar-refractivity contribution in [1.82, 2.24) is 4.90 Å². The summed E-state index contributed by atoms with van der Waals surface area (Å²) in [6.45, 7) is 3.71. The molecule has 1 unspecified atom stereocenters. The van der Waals surface area contributed by atoms with E-state index in [0.717, 1.165) is 0 Å². The molecule has 0 bridgehead atoms. The molecule has 0 amide bonds. The van der Waals surface area contributed by atoms with Gasteiger partial charge in [-0.15, -0.1) is 6.58 Å². The predicted octanol–water partition coefficient (Wildman–Crippen LogP) is -0.698. The van der Waals surface area contributed by atoms with Crippen molar-refractivity contribution in [2.45, 2.75) is 12.5 Å². The van der Waals surface area contributed by atoms with E-state index >= 15 is 0 Å². The fourth-order valence-corrected chi connectivity index (χ4v) is 1.24. The second-order valence-corrected chi connectivity index (χ2v) is 2.86. The third-order valence-corrected chi connectivity index (χ3v) is 1.89. The topological polar surface area (TPSA) is 81.0 Å². The Morgan fingerprint density at radius 2 is 1.86 bits per heavy atom. The number of hydrogen-bond acceptors (Lipinski definition) is 4. The first-order valence-corrected chi connectivity index (χ1v) is 4.46. The Balaban J connectivity index is 4.36. The molecule has 0 aliphatic rings. The van der Waals surface area contributed by atoms with Crippen LogP contribution in [-0.2, 0) is 4.79 Å². The number of nitrogens with zero attached hydrogens (tertiary/aromatic N) is 1. The number of aliphatic hydroxyl groups excluding tert-OH is 2. The monoisotopic (exact) mass is 203 g/mol. The second-order valence-electron chi connectivity index (χ2n) is 2.86. The summed E-state index contributed by atoms with van der Waals surface area (Å²) in [5.74, 6) is -0.966. The fraction of sp³-hybridized carbons (Fsp3) is 0.667. The number of aliphatic carboxylic acids is 1. The van der Waals surface area contributed by atoms with Crippen LogP contribution in [0.1, 0.15) is 6.42 Å². The summed E-state index contributed by atoms with van der Waals surface area (Å²) in [6.07, 6.45) is 1.82. The van der Waals surface area contributed by atoms with Gasteiger partial charge in [0.15, 0.2) is 0 Å². The summed E-state index contributed by atoms with van der Waals surface area (Å²) in [6, 6.07) is -0.716. The van der Waals surface area contributed by atoms with Gasteiger partial charge in [0.2, 0.25) is 0 Å². The third kappa shape index (κ3) is 4.36. The normalized spacial score (nSPS) is 12.8. The van der Waals surface area contributed by atoms with Crippen LogP contribution in [0.5, 0.6) is 0 Å². The number of carboxylic acids is 1. The van der Waals surface area contributed by atoms with Crippen LogP contribution in [0.2, 0.25) is 0 Å². The molecule has 5 heteroatoms. The van der Waals surface area contributed by atoms with E-state index in [-0.39, 0.29) is 26.3 Å². The molecule has 0 fully saturated rings. The van der Waals surface area contributed by atoms with Crippen molar-refractivity contribution in [2.24, 2.45) is 0 Å². The van der Waals surface area contributed by atoms with Crippen molar-refractivity contribution in [3.63, 3.8) is 0 Å². The zero-order valence-corrected chi connectivity index (χ0v) is 8.09. The zero-order valence-electron chi connectivity index (χ0n) is 8.09. The average molecular weight is 203 g/mol. The third-order valence-electron chi connectivity index (χ3n) is 1.89. The van der Waals surface area contributed by atoms with Gasteiger partial charge in [0.25, 0.3) is 0 Å². The van der Waals surface area contributed by atoms with E-state index in [1.807, 2.05) is 0 Å². The average Bonchev–Trinajstić information content (AvgIpc) is 2.13. The lowest BCUT2D eigenvalue weighted by molar-refractivity contribution is -0.143. The number of rotatable bonds is 8. The van der Waals surface area contributed by atoms with Gasteiger partial charge in [-0.3, -0.25) is 9.69 Å². The molecule has 3 N–H and O–H groups in total. The molecule has 0 spiro atoms. The Hall–Kier alpha value is -0.910. The first-order valence-electron chi connectivity index (χ1n) is 4.46. The SMILES string of the molecule is C=CCC(C(=O)O)N(CCO)CCO. The lowest BCUT2D eigenvalue weighted by Gasteiger charge is -2.26. The van der Waals surface area contributed by atoms with Crippen molar-refractivity contribution in [2.75, 3.05) is 26.3 Å². The van der Waals surface area contributed by atoms with Crippen LogP contribution in [0.25, 0.3) is 0 Å². The van der Waals surface area contributed by atoms with E-state index in [9.17, 15) is 4.79 Å². The maximum absolute atomic E-state index is 10.8. The van der Waals surface area contributed by atoms with Gasteiger partial charge in [-0.25, -0.2) is 0 Å². The zero-order chi connectivity index (χ0) is 11.0. The first kappa shape index (κ1) is 13.1. The van der Waals surface area contributed by atoms with Crippen molar-refractivity contribution >= 4 is 5.97 Å². The summed E-state index contributed by atoms with van der Waals surface area (Å²) in [5.41, 5.74) is 0. The Kier molecular flexibility index (Phi) is 7.00. The van der Waals surface area contributed by atoms with Gasteiger partial charge < -0.3 is 15.3 Å². The van der Waals surface area contributed by atoms with Crippen molar-refractivity contribution < 1.29 is 20.1 Å². The Morgan fingerprint density at radius 3 is 2.14 bits per heavy atom. The van der Waals surface area contributed by atoms with Crippen molar-refractivity contribution in [1.29, 1.82) is 0 Å². The highest BCUT2D eigenvalue weighted by Gasteiger charge is 2.23. The minimum atomic E-state index is -0.966. The van der Waals surface area contributed by atoms with Crippen LogP contribution >= 0.6 is 0 Å². The van der Waals surface area contributed by atoms with Gasteiger partial charge in [-0.05, 0) is 6.42 Å². The van der Waals surface area contributed by atoms with E-state index in [4.69, 9.17) is 15.3 Å². The van der Waals surface area contributed by atoms with Gasteiger partial charge in [0.05, 0.1) is 13.2 Å². The number of carbonyl (C=O) groups is 1. The molecular formula is C9H17NO4. The van der Waals surface area contributed by atoms with Gasteiger partial charge in [0, 0.05) is 13.1 Å². The van der Waals surface area contributed by atoms with Crippen molar-refractivity contribution in [3.8, 4) is 0 Å². The highest BCUT2D eigenvalue weighted by atomic mass is 16.4. The van der Waals surface area contributed by atoms with Gasteiger partial charge >= 0.3 is 5.97 Å². The molecule has 0 saturated heterocycles. The maximum Gasteiger partial charge on any atom is 0.321 e. The molecular weight excluding hydrogens is 186 g/mol. The van der Waals surface area contributed by atoms with E-state index in [1.165, 1.54) is 11.0 Å². The molecule has 1 atom stereocenters. The molecule has 0 saturated carbocycles. The molecule has 82 valence electrons. The van der Waals surface area contributed by atoms with E-state index in [1.54, 1.807) is 0 Å². The molecule has 0 aliphatic carbocycles. The van der Waals surface area contributed by atoms with Crippen LogP contribution in [0.15, 0.2) is 12.7 Å². The van der Waals surface area contributed by atoms with E-state index < -0.39 is 12.0 Å². The first-order chi connectivity index (χ1) is 6.67. The van der Waals surface area contributed by atoms with Crippen LogP contribution in [-0.4, -0.2) is 58.5 Å². The summed E-state index contributed by atoms with van der Waals surface area (Å²) < 4.78 is 0. The molecule has 0 heterocycles. The minimum Gasteiger partial charge on any atom is -0.480 e. The number of hydrogen-bond donors (Lipinski definition) is 3. The van der Waals surface area contributed by atoms with Gasteiger partial charge in [0.1, 0.15) is 6.04 Å². The summed E-state index contributed by atoms with van der Waals surface area (Å²) in [4.78, 5) is 12.3. The lowest BCUT2D eigenvalue weighted by atomic mass is 10.1. The molecule has 5 nitrogen and oxygen atoms in total. The largest absolute Gasteiger partial charge is 0.480 e. The van der Waals surface area contributed by atoms with Gasteiger partial charge in [-0.2, -0.15) is 0 Å². The van der Waals surface area contributed by atoms with E-state index in [0.29, 0.717) is 6.42 Å².